The Morgan fingerprint density at radius 2 is 2.14 bits per heavy atom. The summed E-state index contributed by atoms with van der Waals surface area (Å²) in [7, 11) is 3.70. The van der Waals surface area contributed by atoms with E-state index in [0.717, 1.165) is 18.8 Å². The van der Waals surface area contributed by atoms with E-state index in [1.807, 2.05) is 20.9 Å². The molecule has 6 nitrogen and oxygen atoms in total. The molecule has 1 heterocycles. The van der Waals surface area contributed by atoms with E-state index >= 15 is 0 Å². The van der Waals surface area contributed by atoms with Gasteiger partial charge in [0.1, 0.15) is 5.82 Å². The number of nitrogens with one attached hydrogen (secondary N) is 1. The van der Waals surface area contributed by atoms with Crippen molar-refractivity contribution in [3.8, 4) is 0 Å². The summed E-state index contributed by atoms with van der Waals surface area (Å²) < 4.78 is 5.02. The molecule has 0 spiro atoms. The van der Waals surface area contributed by atoms with Gasteiger partial charge < -0.3 is 20.1 Å². The molecule has 0 aliphatic rings. The van der Waals surface area contributed by atoms with Gasteiger partial charge in [0.25, 0.3) is 0 Å². The Balaban J connectivity index is 2.63. The molecule has 1 aromatic heterocycles. The molecule has 0 amide bonds. The number of aromatic carboxylic acids is 1. The molecule has 0 saturated heterocycles. The number of rotatable bonds is 9. The number of methoxy groups -OCH3 is 1. The van der Waals surface area contributed by atoms with Gasteiger partial charge in [-0.1, -0.05) is 13.8 Å². The van der Waals surface area contributed by atoms with Crippen LogP contribution < -0.4 is 5.32 Å². The van der Waals surface area contributed by atoms with Crippen LogP contribution >= 0.6 is 0 Å². The number of anilines is 1. The molecule has 0 atom stereocenters. The second-order valence-corrected chi connectivity index (χ2v) is 5.35. The molecule has 0 bridgehead atoms. The standard InChI is InChI=1S/C15H25N3O3/c1-11(2)13-9-12(15(19)20)10-14(17-13)16-5-6-18(3)7-8-21-4/h9-11H,5-8H2,1-4H3,(H,16,17)(H,19,20). The van der Waals surface area contributed by atoms with Crippen molar-refractivity contribution in [2.45, 2.75) is 19.8 Å². The Kier molecular flexibility index (Phi) is 7.11. The van der Waals surface area contributed by atoms with Crippen molar-refractivity contribution in [1.82, 2.24) is 9.88 Å². The fourth-order valence-corrected chi connectivity index (χ4v) is 1.80. The maximum Gasteiger partial charge on any atom is 0.335 e. The number of carbonyl (C=O) groups is 1. The van der Waals surface area contributed by atoms with Gasteiger partial charge in [0.05, 0.1) is 12.2 Å². The van der Waals surface area contributed by atoms with Crippen molar-refractivity contribution in [3.63, 3.8) is 0 Å². The zero-order valence-electron chi connectivity index (χ0n) is 13.2. The summed E-state index contributed by atoms with van der Waals surface area (Å²) in [4.78, 5) is 17.7. The van der Waals surface area contributed by atoms with E-state index in [0.29, 0.717) is 19.0 Å². The van der Waals surface area contributed by atoms with Crippen LogP contribution in [-0.4, -0.2) is 61.4 Å². The summed E-state index contributed by atoms with van der Waals surface area (Å²) in [6.07, 6.45) is 0. The van der Waals surface area contributed by atoms with Gasteiger partial charge in [-0.2, -0.15) is 0 Å². The van der Waals surface area contributed by atoms with Crippen molar-refractivity contribution in [3.05, 3.63) is 23.4 Å². The van der Waals surface area contributed by atoms with Crippen LogP contribution in [0.5, 0.6) is 0 Å². The van der Waals surface area contributed by atoms with Gasteiger partial charge in [-0.3, -0.25) is 0 Å². The summed E-state index contributed by atoms with van der Waals surface area (Å²) >= 11 is 0. The van der Waals surface area contributed by atoms with Crippen molar-refractivity contribution in [1.29, 1.82) is 0 Å². The summed E-state index contributed by atoms with van der Waals surface area (Å²) in [5, 5.41) is 12.3. The van der Waals surface area contributed by atoms with Gasteiger partial charge in [-0.15, -0.1) is 0 Å². The largest absolute Gasteiger partial charge is 0.478 e. The maximum atomic E-state index is 11.2. The molecule has 0 aromatic carbocycles. The normalized spacial score (nSPS) is 11.1. The lowest BCUT2D eigenvalue weighted by molar-refractivity contribution is 0.0696. The highest BCUT2D eigenvalue weighted by molar-refractivity contribution is 5.88. The van der Waals surface area contributed by atoms with Crippen molar-refractivity contribution >= 4 is 11.8 Å². The molecule has 0 fully saturated rings. The highest BCUT2D eigenvalue weighted by Crippen LogP contribution is 2.17. The number of hydrogen-bond donors (Lipinski definition) is 2. The van der Waals surface area contributed by atoms with Crippen LogP contribution in [0.1, 0.15) is 35.8 Å². The number of carboxylic acids is 1. The first-order chi connectivity index (χ1) is 9.93. The monoisotopic (exact) mass is 295 g/mol. The van der Waals surface area contributed by atoms with Gasteiger partial charge in [0.2, 0.25) is 0 Å². The first-order valence-electron chi connectivity index (χ1n) is 7.10. The van der Waals surface area contributed by atoms with Crippen molar-refractivity contribution in [2.75, 3.05) is 45.7 Å². The van der Waals surface area contributed by atoms with Crippen LogP contribution in [0, 0.1) is 0 Å². The lowest BCUT2D eigenvalue weighted by atomic mass is 10.1. The highest BCUT2D eigenvalue weighted by Gasteiger charge is 2.10. The van der Waals surface area contributed by atoms with Gasteiger partial charge >= 0.3 is 5.97 Å². The molecule has 2 N–H and O–H groups in total. The Morgan fingerprint density at radius 3 is 2.71 bits per heavy atom. The van der Waals surface area contributed by atoms with Crippen LogP contribution in [0.4, 0.5) is 5.82 Å². The molecular weight excluding hydrogens is 270 g/mol. The Labute approximate surface area is 126 Å². The molecule has 0 aliphatic heterocycles. The number of nitrogens with zero attached hydrogens (tertiary/aromatic N) is 2. The topological polar surface area (TPSA) is 74.7 Å². The van der Waals surface area contributed by atoms with Gasteiger partial charge in [-0.05, 0) is 25.1 Å². The smallest absolute Gasteiger partial charge is 0.335 e. The zero-order valence-corrected chi connectivity index (χ0v) is 13.2. The third-order valence-electron chi connectivity index (χ3n) is 3.16. The maximum absolute atomic E-state index is 11.2. The van der Waals surface area contributed by atoms with Gasteiger partial charge in [-0.25, -0.2) is 9.78 Å². The van der Waals surface area contributed by atoms with E-state index in [9.17, 15) is 4.79 Å². The fraction of sp³-hybridized carbons (Fsp3) is 0.600. The average molecular weight is 295 g/mol. The second-order valence-electron chi connectivity index (χ2n) is 5.35. The second kappa shape index (κ2) is 8.59. The van der Waals surface area contributed by atoms with Crippen LogP contribution in [-0.2, 0) is 4.74 Å². The SMILES string of the molecule is COCCN(C)CCNc1cc(C(=O)O)cc(C(C)C)n1. The predicted molar refractivity (Wildman–Crippen MR) is 83.1 cm³/mol. The van der Waals surface area contributed by atoms with Crippen LogP contribution in [0.15, 0.2) is 12.1 Å². The molecule has 0 aliphatic carbocycles. The molecule has 1 aromatic rings. The Hall–Kier alpha value is -1.66. The van der Waals surface area contributed by atoms with E-state index in [2.05, 4.69) is 15.2 Å². The number of hydrogen-bond acceptors (Lipinski definition) is 5. The van der Waals surface area contributed by atoms with Crippen LogP contribution in [0.25, 0.3) is 0 Å². The van der Waals surface area contributed by atoms with Crippen LogP contribution in [0.3, 0.4) is 0 Å². The lowest BCUT2D eigenvalue weighted by Gasteiger charge is -2.17. The quantitative estimate of drug-likeness (QED) is 0.724. The van der Waals surface area contributed by atoms with Crippen LogP contribution in [0.2, 0.25) is 0 Å². The fourth-order valence-electron chi connectivity index (χ4n) is 1.80. The summed E-state index contributed by atoms with van der Waals surface area (Å²) in [5.74, 6) is -0.132. The van der Waals surface area contributed by atoms with E-state index in [1.165, 1.54) is 0 Å². The summed E-state index contributed by atoms with van der Waals surface area (Å²) in [6, 6.07) is 3.20. The molecule has 118 valence electrons. The van der Waals surface area contributed by atoms with Crippen molar-refractivity contribution in [2.24, 2.45) is 0 Å². The molecule has 0 unspecified atom stereocenters. The van der Waals surface area contributed by atoms with E-state index in [-0.39, 0.29) is 11.5 Å². The molecule has 21 heavy (non-hydrogen) atoms. The van der Waals surface area contributed by atoms with E-state index < -0.39 is 5.97 Å². The molecular formula is C15H25N3O3. The molecule has 6 heteroatoms. The third-order valence-corrected chi connectivity index (χ3v) is 3.16. The molecule has 0 radical (unpaired) electrons. The van der Waals surface area contributed by atoms with E-state index in [1.54, 1.807) is 19.2 Å². The first kappa shape index (κ1) is 17.4. The highest BCUT2D eigenvalue weighted by atomic mass is 16.5. The third kappa shape index (κ3) is 6.10. The number of likely N-dealkylation sites (N-methyl/N-ethyl adjacent to an activating group) is 1. The van der Waals surface area contributed by atoms with E-state index in [4.69, 9.17) is 9.84 Å². The zero-order chi connectivity index (χ0) is 15.8. The Morgan fingerprint density at radius 1 is 1.43 bits per heavy atom. The van der Waals surface area contributed by atoms with Gasteiger partial charge in [0, 0.05) is 32.4 Å². The minimum atomic E-state index is -0.931. The average Bonchev–Trinajstić information content (AvgIpc) is 2.44. The molecule has 1 rings (SSSR count). The Bertz CT molecular complexity index is 463. The number of ether oxygens (including phenoxy) is 1. The number of pyridine rings is 1. The van der Waals surface area contributed by atoms with Crippen molar-refractivity contribution < 1.29 is 14.6 Å². The summed E-state index contributed by atoms with van der Waals surface area (Å²) in [5.41, 5.74) is 1.05. The number of carboxylic acid groups (broad SMARTS) is 1. The minimum Gasteiger partial charge on any atom is -0.478 e. The number of aromatic nitrogens is 1. The predicted octanol–water partition coefficient (Wildman–Crippen LogP) is 1.89. The summed E-state index contributed by atoms with van der Waals surface area (Å²) in [6.45, 7) is 7.08. The first-order valence-corrected chi connectivity index (χ1v) is 7.10. The minimum absolute atomic E-state index is 0.189. The van der Waals surface area contributed by atoms with Gasteiger partial charge in [0.15, 0.2) is 0 Å². The molecule has 0 saturated carbocycles. The lowest BCUT2D eigenvalue weighted by Crippen LogP contribution is -2.28.